The Labute approximate surface area is 93.4 Å². The number of hydrogen-bond acceptors (Lipinski definition) is 3. The maximum absolute atomic E-state index is 11.7. The number of nitrogens with zero attached hydrogens (tertiary/aromatic N) is 2. The molecule has 2 N–H and O–H groups in total. The van der Waals surface area contributed by atoms with Crippen molar-refractivity contribution in [1.82, 2.24) is 9.55 Å². The van der Waals surface area contributed by atoms with E-state index in [1.165, 1.54) is 0 Å². The van der Waals surface area contributed by atoms with Crippen molar-refractivity contribution in [2.45, 2.75) is 13.1 Å². The molecule has 0 saturated heterocycles. The molecule has 0 aliphatic rings. The molecule has 16 heavy (non-hydrogen) atoms. The lowest BCUT2D eigenvalue weighted by Crippen LogP contribution is -2.20. The zero-order chi connectivity index (χ0) is 11.4. The Balaban J connectivity index is 2.26. The van der Waals surface area contributed by atoms with E-state index in [-0.39, 0.29) is 5.56 Å². The number of aromatic nitrogens is 2. The summed E-state index contributed by atoms with van der Waals surface area (Å²) in [5.41, 5.74) is 7.29. The summed E-state index contributed by atoms with van der Waals surface area (Å²) in [6.45, 7) is 0.931. The Hall–Kier alpha value is -1.94. The topological polar surface area (TPSA) is 60.9 Å². The standard InChI is InChI=1S/C12H13N3O/c13-7-10-3-5-15(12(16)6-10)9-11-2-1-4-14-8-11/h1-6,8H,7,9,13H2. The lowest BCUT2D eigenvalue weighted by Gasteiger charge is -2.05. The van der Waals surface area contributed by atoms with Gasteiger partial charge in [0.15, 0.2) is 0 Å². The molecule has 0 aliphatic carbocycles. The number of hydrogen-bond donors (Lipinski definition) is 1. The summed E-state index contributed by atoms with van der Waals surface area (Å²) in [6, 6.07) is 7.22. The first-order valence-electron chi connectivity index (χ1n) is 5.08. The van der Waals surface area contributed by atoms with Crippen molar-refractivity contribution < 1.29 is 0 Å². The van der Waals surface area contributed by atoms with Gasteiger partial charge in [0.1, 0.15) is 0 Å². The SMILES string of the molecule is NCc1ccn(Cc2cccnc2)c(=O)c1. The first-order chi connectivity index (χ1) is 7.79. The van der Waals surface area contributed by atoms with Crippen molar-refractivity contribution in [3.05, 3.63) is 64.3 Å². The van der Waals surface area contributed by atoms with Crippen molar-refractivity contribution in [1.29, 1.82) is 0 Å². The van der Waals surface area contributed by atoms with Crippen LogP contribution < -0.4 is 11.3 Å². The molecule has 0 atom stereocenters. The summed E-state index contributed by atoms with van der Waals surface area (Å²) >= 11 is 0. The van der Waals surface area contributed by atoms with E-state index >= 15 is 0 Å². The third kappa shape index (κ3) is 2.35. The van der Waals surface area contributed by atoms with Gasteiger partial charge in [-0.1, -0.05) is 6.07 Å². The quantitative estimate of drug-likeness (QED) is 0.821. The molecule has 2 rings (SSSR count). The normalized spacial score (nSPS) is 10.3. The molecule has 0 radical (unpaired) electrons. The highest BCUT2D eigenvalue weighted by Crippen LogP contribution is 1.99. The van der Waals surface area contributed by atoms with Crippen LogP contribution in [0.5, 0.6) is 0 Å². The van der Waals surface area contributed by atoms with Crippen LogP contribution in [-0.2, 0) is 13.1 Å². The molecule has 0 fully saturated rings. The van der Waals surface area contributed by atoms with Crippen LogP contribution in [0.3, 0.4) is 0 Å². The van der Waals surface area contributed by atoms with E-state index in [1.807, 2.05) is 18.2 Å². The largest absolute Gasteiger partial charge is 0.326 e. The van der Waals surface area contributed by atoms with Gasteiger partial charge >= 0.3 is 0 Å². The summed E-state index contributed by atoms with van der Waals surface area (Å²) in [4.78, 5) is 15.7. The second-order valence-corrected chi connectivity index (χ2v) is 3.57. The predicted molar refractivity (Wildman–Crippen MR) is 61.9 cm³/mol. The molecule has 0 unspecified atom stereocenters. The fraction of sp³-hybridized carbons (Fsp3) is 0.167. The first kappa shape index (κ1) is 10.6. The van der Waals surface area contributed by atoms with E-state index in [2.05, 4.69) is 4.98 Å². The smallest absolute Gasteiger partial charge is 0.251 e. The molecule has 4 heteroatoms. The van der Waals surface area contributed by atoms with E-state index < -0.39 is 0 Å². The lowest BCUT2D eigenvalue weighted by molar-refractivity contribution is 0.751. The fourth-order valence-corrected chi connectivity index (χ4v) is 1.49. The highest BCUT2D eigenvalue weighted by Gasteiger charge is 1.98. The van der Waals surface area contributed by atoms with Crippen molar-refractivity contribution in [3.63, 3.8) is 0 Å². The highest BCUT2D eigenvalue weighted by molar-refractivity contribution is 5.13. The zero-order valence-electron chi connectivity index (χ0n) is 8.84. The van der Waals surface area contributed by atoms with Crippen LogP contribution in [0.1, 0.15) is 11.1 Å². The molecule has 0 aromatic carbocycles. The van der Waals surface area contributed by atoms with Gasteiger partial charge in [-0.15, -0.1) is 0 Å². The molecular weight excluding hydrogens is 202 g/mol. The number of pyridine rings is 2. The Kier molecular flexibility index (Phi) is 3.12. The van der Waals surface area contributed by atoms with Crippen molar-refractivity contribution in [2.75, 3.05) is 0 Å². The molecular formula is C12H13N3O. The minimum absolute atomic E-state index is 0.0354. The fourth-order valence-electron chi connectivity index (χ4n) is 1.49. The average molecular weight is 215 g/mol. The Morgan fingerprint density at radius 3 is 2.81 bits per heavy atom. The van der Waals surface area contributed by atoms with Crippen molar-refractivity contribution >= 4 is 0 Å². The Bertz CT molecular complexity index is 519. The molecule has 0 bridgehead atoms. The van der Waals surface area contributed by atoms with E-state index in [4.69, 9.17) is 5.73 Å². The van der Waals surface area contributed by atoms with Gasteiger partial charge < -0.3 is 10.3 Å². The molecule has 0 spiro atoms. The van der Waals surface area contributed by atoms with Gasteiger partial charge in [-0.05, 0) is 23.3 Å². The van der Waals surface area contributed by atoms with Crippen LogP contribution in [0.25, 0.3) is 0 Å². The van der Waals surface area contributed by atoms with Gasteiger partial charge in [-0.25, -0.2) is 0 Å². The van der Waals surface area contributed by atoms with Gasteiger partial charge in [0.25, 0.3) is 5.56 Å². The Morgan fingerprint density at radius 1 is 1.31 bits per heavy atom. The average Bonchev–Trinajstić information content (AvgIpc) is 2.33. The minimum Gasteiger partial charge on any atom is -0.326 e. The molecule has 82 valence electrons. The van der Waals surface area contributed by atoms with Gasteiger partial charge in [-0.2, -0.15) is 0 Å². The van der Waals surface area contributed by atoms with Gasteiger partial charge in [0.05, 0.1) is 6.54 Å². The van der Waals surface area contributed by atoms with E-state index in [9.17, 15) is 4.79 Å². The molecule has 0 amide bonds. The summed E-state index contributed by atoms with van der Waals surface area (Å²) in [5.74, 6) is 0. The zero-order valence-corrected chi connectivity index (χ0v) is 8.84. The molecule has 2 aromatic heterocycles. The van der Waals surface area contributed by atoms with Crippen molar-refractivity contribution in [2.24, 2.45) is 5.73 Å². The maximum Gasteiger partial charge on any atom is 0.251 e. The summed E-state index contributed by atoms with van der Waals surface area (Å²) in [7, 11) is 0. The first-order valence-corrected chi connectivity index (χ1v) is 5.08. The lowest BCUT2D eigenvalue weighted by atomic mass is 10.2. The molecule has 0 aliphatic heterocycles. The molecule has 2 aromatic rings. The van der Waals surface area contributed by atoms with Crippen LogP contribution in [0.2, 0.25) is 0 Å². The molecule has 4 nitrogen and oxygen atoms in total. The van der Waals surface area contributed by atoms with E-state index in [0.717, 1.165) is 11.1 Å². The highest BCUT2D eigenvalue weighted by atomic mass is 16.1. The third-order valence-electron chi connectivity index (χ3n) is 2.37. The summed E-state index contributed by atoms with van der Waals surface area (Å²) in [6.07, 6.45) is 5.23. The van der Waals surface area contributed by atoms with Gasteiger partial charge in [0, 0.05) is 31.2 Å². The van der Waals surface area contributed by atoms with E-state index in [0.29, 0.717) is 13.1 Å². The second-order valence-electron chi connectivity index (χ2n) is 3.57. The van der Waals surface area contributed by atoms with Crippen LogP contribution in [0.4, 0.5) is 0 Å². The second kappa shape index (κ2) is 4.72. The van der Waals surface area contributed by atoms with Gasteiger partial charge in [0.2, 0.25) is 0 Å². The third-order valence-corrected chi connectivity index (χ3v) is 2.37. The number of nitrogens with two attached hydrogens (primary N) is 1. The maximum atomic E-state index is 11.7. The number of rotatable bonds is 3. The monoisotopic (exact) mass is 215 g/mol. The summed E-state index contributed by atoms with van der Waals surface area (Å²) in [5, 5.41) is 0. The molecule has 0 saturated carbocycles. The van der Waals surface area contributed by atoms with Crippen LogP contribution in [0, 0.1) is 0 Å². The molecule has 2 heterocycles. The van der Waals surface area contributed by atoms with Crippen molar-refractivity contribution in [3.8, 4) is 0 Å². The van der Waals surface area contributed by atoms with Crippen LogP contribution in [0.15, 0.2) is 47.7 Å². The van der Waals surface area contributed by atoms with E-state index in [1.54, 1.807) is 29.2 Å². The Morgan fingerprint density at radius 2 is 2.19 bits per heavy atom. The van der Waals surface area contributed by atoms with Crippen LogP contribution >= 0.6 is 0 Å². The predicted octanol–water partition coefficient (Wildman–Crippen LogP) is 0.750. The van der Waals surface area contributed by atoms with Gasteiger partial charge in [-0.3, -0.25) is 9.78 Å². The summed E-state index contributed by atoms with van der Waals surface area (Å²) < 4.78 is 1.64. The minimum atomic E-state index is -0.0354. The van der Waals surface area contributed by atoms with Crippen LogP contribution in [-0.4, -0.2) is 9.55 Å².